The molecule has 0 heterocycles. The van der Waals surface area contributed by atoms with Crippen molar-refractivity contribution < 1.29 is 80.2 Å². The molecule has 0 bridgehead atoms. The lowest BCUT2D eigenvalue weighted by Gasteiger charge is -2.21. The Bertz CT molecular complexity index is 2640. The largest absolute Gasteiger partial charge is 0.472 e. The molecule has 0 rings (SSSR count). The minimum atomic E-state index is -5.02. The molecule has 0 radical (unpaired) electrons. The monoisotopic (exact) mass is 1490 g/mol. The van der Waals surface area contributed by atoms with Gasteiger partial charge >= 0.3 is 39.5 Å². The van der Waals surface area contributed by atoms with E-state index in [0.717, 1.165) is 141 Å². The molecule has 0 spiro atoms. The van der Waals surface area contributed by atoms with Gasteiger partial charge in [-0.25, -0.2) is 9.13 Å². The van der Waals surface area contributed by atoms with Gasteiger partial charge in [-0.1, -0.05) is 275 Å². The Morgan fingerprint density at radius 1 is 0.279 bits per heavy atom. The Hall–Kier alpha value is -5.58. The van der Waals surface area contributed by atoms with Crippen LogP contribution >= 0.6 is 15.6 Å². The van der Waals surface area contributed by atoms with Crippen LogP contribution in [0, 0.1) is 0 Å². The lowest BCUT2D eigenvalue weighted by atomic mass is 10.1. The molecule has 0 aromatic carbocycles. The molecule has 104 heavy (non-hydrogen) atoms. The second-order valence-corrected chi connectivity index (χ2v) is 28.4. The van der Waals surface area contributed by atoms with Gasteiger partial charge in [-0.2, -0.15) is 0 Å². The maximum absolute atomic E-state index is 13.1. The van der Waals surface area contributed by atoms with E-state index in [1.54, 1.807) is 0 Å². The normalized spacial score (nSPS) is 14.8. The van der Waals surface area contributed by atoms with Crippen molar-refractivity contribution in [2.45, 2.75) is 303 Å². The summed E-state index contributed by atoms with van der Waals surface area (Å²) in [7, 11) is -10.0. The Balaban J connectivity index is 5.52. The number of phosphoric ester groups is 2. The number of unbranched alkanes of at least 4 members (excludes halogenated alkanes) is 18. The highest BCUT2D eigenvalue weighted by Crippen LogP contribution is 2.45. The fraction of sp³-hybridized carbons (Fsp3) is 0.624. The number of allylic oxidation sites excluding steroid dienone is 28. The topological polar surface area (TPSA) is 237 Å². The Labute approximate surface area is 629 Å². The molecule has 0 saturated heterocycles. The van der Waals surface area contributed by atoms with Crippen molar-refractivity contribution in [3.8, 4) is 0 Å². The molecule has 0 fully saturated rings. The van der Waals surface area contributed by atoms with Gasteiger partial charge in [-0.05, 0) is 154 Å². The van der Waals surface area contributed by atoms with Crippen molar-refractivity contribution in [3.05, 3.63) is 170 Å². The summed E-state index contributed by atoms with van der Waals surface area (Å²) < 4.78 is 68.4. The van der Waals surface area contributed by atoms with Gasteiger partial charge in [-0.3, -0.25) is 37.3 Å². The first kappa shape index (κ1) is 98.4. The molecule has 5 atom stereocenters. The number of carbonyl (C=O) groups is 4. The molecule has 0 aromatic rings. The molecule has 590 valence electrons. The summed E-state index contributed by atoms with van der Waals surface area (Å²) in [5.41, 5.74) is 0. The molecular weight excluding hydrogens is 1350 g/mol. The van der Waals surface area contributed by atoms with Gasteiger partial charge < -0.3 is 33.8 Å². The molecule has 2 unspecified atom stereocenters. The second kappa shape index (κ2) is 75.6. The highest BCUT2D eigenvalue weighted by molar-refractivity contribution is 7.47. The van der Waals surface area contributed by atoms with Crippen LogP contribution < -0.4 is 0 Å². The van der Waals surface area contributed by atoms with Crippen molar-refractivity contribution in [1.29, 1.82) is 0 Å². The molecule has 17 nitrogen and oxygen atoms in total. The number of hydrogen-bond donors (Lipinski definition) is 3. The van der Waals surface area contributed by atoms with E-state index in [9.17, 15) is 43.2 Å². The van der Waals surface area contributed by atoms with Gasteiger partial charge in [0.2, 0.25) is 0 Å². The summed E-state index contributed by atoms with van der Waals surface area (Å²) >= 11 is 0. The van der Waals surface area contributed by atoms with E-state index in [2.05, 4.69) is 161 Å². The molecule has 3 N–H and O–H groups in total. The third-order valence-electron chi connectivity index (χ3n) is 15.7. The standard InChI is InChI=1S/C85H138O17P2/c1-5-9-13-17-21-25-29-33-35-37-39-41-43-47-50-54-58-62-66-70-83(88)96-76-81(102-85(90)72-68-64-60-56-52-48-44-42-40-38-36-34-30-26-22-18-14-10-6-2)78-100-104(93,94)98-74-79(86)73-97-103(91,92)99-77-80(101-84(89)71-67-63-59-55-51-46-32-28-24-20-16-12-8-4)75-95-82(87)69-65-61-57-53-49-45-31-27-23-19-15-11-7-3/h9-10,13-14,21-22,25-28,31-36,39-42,47-48,50,52,58,60,62,64,79-81,86H,5-8,11-12,15-20,23-24,29-30,37-38,43-46,49,51,53-57,59,61,63,65-78H2,1-4H3,(H,91,92)(H,93,94)/b13-9-,14-10-,25-21-,26-22-,31-27-,32-28-,35-33-,36-34-,41-39-,42-40-,50-47-,52-48-,62-58-,64-60-/t79-,80+,81+/m0/s1. The summed E-state index contributed by atoms with van der Waals surface area (Å²) in [6.45, 7) is 4.40. The third kappa shape index (κ3) is 74.7. The molecular formula is C85H138O17P2. The highest BCUT2D eigenvalue weighted by Gasteiger charge is 2.30. The van der Waals surface area contributed by atoms with Gasteiger partial charge in [0.1, 0.15) is 19.3 Å². The van der Waals surface area contributed by atoms with Crippen LogP contribution in [0.4, 0.5) is 0 Å². The van der Waals surface area contributed by atoms with Crippen LogP contribution in [0.3, 0.4) is 0 Å². The van der Waals surface area contributed by atoms with E-state index < -0.39 is 97.5 Å². The van der Waals surface area contributed by atoms with E-state index in [0.29, 0.717) is 38.5 Å². The molecule has 0 aliphatic rings. The van der Waals surface area contributed by atoms with Crippen molar-refractivity contribution in [3.63, 3.8) is 0 Å². The van der Waals surface area contributed by atoms with Crippen LogP contribution in [0.15, 0.2) is 170 Å². The Morgan fingerprint density at radius 2 is 0.519 bits per heavy atom. The first-order valence-electron chi connectivity index (χ1n) is 39.4. The maximum Gasteiger partial charge on any atom is 0.472 e. The summed E-state index contributed by atoms with van der Waals surface area (Å²) in [5.74, 6) is -2.40. The summed E-state index contributed by atoms with van der Waals surface area (Å²) in [6.07, 6.45) is 89.4. The number of carbonyl (C=O) groups excluding carboxylic acids is 4. The lowest BCUT2D eigenvalue weighted by Crippen LogP contribution is -2.30. The van der Waals surface area contributed by atoms with Crippen molar-refractivity contribution >= 4 is 39.5 Å². The molecule has 0 aliphatic heterocycles. The zero-order valence-corrected chi connectivity index (χ0v) is 66.2. The number of esters is 4. The lowest BCUT2D eigenvalue weighted by molar-refractivity contribution is -0.161. The smallest absolute Gasteiger partial charge is 0.462 e. The first-order chi connectivity index (χ1) is 50.7. The van der Waals surface area contributed by atoms with E-state index in [1.165, 1.54) is 51.4 Å². The zero-order chi connectivity index (χ0) is 76.0. The second-order valence-electron chi connectivity index (χ2n) is 25.5. The average Bonchev–Trinajstić information content (AvgIpc) is 0.906. The highest BCUT2D eigenvalue weighted by atomic mass is 31.2. The van der Waals surface area contributed by atoms with Crippen molar-refractivity contribution in [1.82, 2.24) is 0 Å². The fourth-order valence-corrected chi connectivity index (χ4v) is 11.3. The van der Waals surface area contributed by atoms with Crippen LogP contribution in [0.5, 0.6) is 0 Å². The van der Waals surface area contributed by atoms with Crippen LogP contribution in [0.1, 0.15) is 285 Å². The summed E-state index contributed by atoms with van der Waals surface area (Å²) in [4.78, 5) is 72.9. The average molecular weight is 1490 g/mol. The van der Waals surface area contributed by atoms with Crippen LogP contribution in [0.25, 0.3) is 0 Å². The minimum Gasteiger partial charge on any atom is -0.462 e. The van der Waals surface area contributed by atoms with Crippen molar-refractivity contribution in [2.24, 2.45) is 0 Å². The molecule has 0 saturated carbocycles. The van der Waals surface area contributed by atoms with Gasteiger partial charge in [0.05, 0.1) is 26.4 Å². The summed E-state index contributed by atoms with van der Waals surface area (Å²) in [6, 6.07) is 0. The summed E-state index contributed by atoms with van der Waals surface area (Å²) in [5, 5.41) is 10.6. The predicted molar refractivity (Wildman–Crippen MR) is 426 cm³/mol. The van der Waals surface area contributed by atoms with Crippen LogP contribution in [0.2, 0.25) is 0 Å². The van der Waals surface area contributed by atoms with Gasteiger partial charge in [0.25, 0.3) is 0 Å². The number of phosphoric acid groups is 2. The number of aliphatic hydroxyl groups excluding tert-OH is 1. The van der Waals surface area contributed by atoms with Gasteiger partial charge in [0, 0.05) is 25.7 Å². The van der Waals surface area contributed by atoms with E-state index in [1.807, 2.05) is 36.5 Å². The maximum atomic E-state index is 13.1. The molecule has 19 heteroatoms. The first-order valence-corrected chi connectivity index (χ1v) is 42.4. The number of ether oxygens (including phenoxy) is 4. The van der Waals surface area contributed by atoms with Crippen LogP contribution in [-0.4, -0.2) is 96.7 Å². The van der Waals surface area contributed by atoms with E-state index in [-0.39, 0.29) is 25.7 Å². The van der Waals surface area contributed by atoms with Gasteiger partial charge in [0.15, 0.2) is 12.2 Å². The number of aliphatic hydroxyl groups is 1. The van der Waals surface area contributed by atoms with Crippen molar-refractivity contribution in [2.75, 3.05) is 39.6 Å². The molecule has 0 amide bonds. The fourth-order valence-electron chi connectivity index (χ4n) is 9.73. The van der Waals surface area contributed by atoms with E-state index >= 15 is 0 Å². The molecule has 0 aromatic heterocycles. The van der Waals surface area contributed by atoms with E-state index in [4.69, 9.17) is 37.0 Å². The SMILES string of the molecule is CC/C=C\C/C=C\C/C=C\C/C=C\C/C=C\C/C=C\CCC(=O)OC[C@H](COP(=O)(O)OC[C@@H](O)COP(=O)(O)OC[C@@H](COC(=O)CCCCCCC/C=C\CCCCCC)OC(=O)CCCCCCC/C=C\CCCCCC)OC(=O)CC/C=C\C/C=C\C/C=C\C/C=C\C/C=C\C/C=C\CC. The number of rotatable bonds is 72. The Morgan fingerprint density at radius 3 is 0.846 bits per heavy atom. The molecule has 0 aliphatic carbocycles. The Kier molecular flexibility index (Phi) is 71.6. The quantitative estimate of drug-likeness (QED) is 0.0169. The van der Waals surface area contributed by atoms with Crippen LogP contribution in [-0.2, 0) is 65.4 Å². The minimum absolute atomic E-state index is 0.0137. The third-order valence-corrected chi connectivity index (χ3v) is 17.6. The predicted octanol–water partition coefficient (Wildman–Crippen LogP) is 23.0. The number of hydrogen-bond acceptors (Lipinski definition) is 15. The zero-order valence-electron chi connectivity index (χ0n) is 64.4. The van der Waals surface area contributed by atoms with Gasteiger partial charge in [-0.15, -0.1) is 0 Å².